The molecule has 0 aromatic rings. The van der Waals surface area contributed by atoms with Crippen molar-refractivity contribution in [3.8, 4) is 0 Å². The molecule has 1 fully saturated rings. The first-order valence-electron chi connectivity index (χ1n) is 4.39. The van der Waals surface area contributed by atoms with Crippen molar-refractivity contribution in [3.05, 3.63) is 0 Å². The summed E-state index contributed by atoms with van der Waals surface area (Å²) in [6.07, 6.45) is 2.75. The van der Waals surface area contributed by atoms with Crippen LogP contribution in [0.25, 0.3) is 0 Å². The standard InChI is InChI=1S/C6H13N.C2H6.3CH4.I3/c1-6-2-4-7-5-3-6;1-2;;;;1-3-2/h6-7H,2-5H2,1H3;1-2H3;3*1H4;/q;;;;;-1. The number of hydrogen-bond donors (Lipinski definition) is 1. The van der Waals surface area contributed by atoms with Gasteiger partial charge in [0.25, 0.3) is 0 Å². The minimum atomic E-state index is 0. The van der Waals surface area contributed by atoms with E-state index < -0.39 is 0 Å². The van der Waals surface area contributed by atoms with Crippen LogP contribution >= 0.6 is 37.2 Å². The van der Waals surface area contributed by atoms with Crippen molar-refractivity contribution in [3.63, 3.8) is 0 Å². The Kier molecular flexibility index (Phi) is 60.2. The third-order valence-electron chi connectivity index (χ3n) is 1.63. The molecule has 0 bridgehead atoms. The second-order valence-electron chi connectivity index (χ2n) is 2.49. The molecule has 1 heterocycles. The van der Waals surface area contributed by atoms with Crippen molar-refractivity contribution >= 4 is 37.2 Å². The summed E-state index contributed by atoms with van der Waals surface area (Å²) in [7, 11) is 0. The van der Waals surface area contributed by atoms with E-state index in [9.17, 15) is 0 Å². The molecule has 0 radical (unpaired) electrons. The van der Waals surface area contributed by atoms with E-state index in [1.165, 1.54) is 25.9 Å². The van der Waals surface area contributed by atoms with Gasteiger partial charge in [-0.3, -0.25) is 0 Å². The second kappa shape index (κ2) is 29.8. The molecule has 1 aliphatic heterocycles. The Morgan fingerprint density at radius 2 is 1.27 bits per heavy atom. The Morgan fingerprint density at radius 1 is 1.00 bits per heavy atom. The van der Waals surface area contributed by atoms with Crippen molar-refractivity contribution in [2.45, 2.75) is 55.9 Å². The molecule has 0 spiro atoms. The molecule has 4 heteroatoms. The zero-order valence-corrected chi connectivity index (χ0v) is 14.5. The maximum absolute atomic E-state index is 3.32. The molecule has 0 atom stereocenters. The molecule has 0 aliphatic carbocycles. The molecule has 1 nitrogen and oxygen atoms in total. The molecule has 0 aromatic heterocycles. The molecule has 0 amide bonds. The van der Waals surface area contributed by atoms with Gasteiger partial charge in [0, 0.05) is 0 Å². The topological polar surface area (TPSA) is 12.0 Å². The van der Waals surface area contributed by atoms with Crippen LogP contribution in [0, 0.1) is 5.92 Å². The average Bonchev–Trinajstić information content (AvgIpc) is 2.11. The minimum absolute atomic E-state index is 0. The Bertz CT molecular complexity index is 66.9. The number of halogens is 3. The number of rotatable bonds is 0. The molecular formula is C11H31I3N-. The van der Waals surface area contributed by atoms with E-state index in [0.717, 1.165) is 5.92 Å². The van der Waals surface area contributed by atoms with Gasteiger partial charge in [0.15, 0.2) is 0 Å². The second-order valence-corrected chi connectivity index (χ2v) is 18.7. The zero-order chi connectivity index (χ0) is 9.82. The van der Waals surface area contributed by atoms with Crippen LogP contribution in [-0.4, -0.2) is 13.1 Å². The Labute approximate surface area is 129 Å². The van der Waals surface area contributed by atoms with Crippen molar-refractivity contribution < 1.29 is 13.3 Å². The SMILES string of the molecule is C.C.C.CC.CC1CCNCC1.I[I-]I. The summed E-state index contributed by atoms with van der Waals surface area (Å²) in [5.41, 5.74) is 0. The normalized spacial score (nSPS) is 13.7. The number of hydrogen-bond acceptors (Lipinski definition) is 1. The van der Waals surface area contributed by atoms with Gasteiger partial charge in [-0.15, -0.1) is 0 Å². The van der Waals surface area contributed by atoms with E-state index in [4.69, 9.17) is 0 Å². The molecule has 0 aromatic carbocycles. The van der Waals surface area contributed by atoms with Crippen LogP contribution in [0.2, 0.25) is 0 Å². The molecule has 1 aliphatic rings. The fraction of sp³-hybridized carbons (Fsp3) is 1.00. The molecule has 0 unspecified atom stereocenters. The van der Waals surface area contributed by atoms with Gasteiger partial charge in [0.05, 0.1) is 0 Å². The van der Waals surface area contributed by atoms with Gasteiger partial charge in [-0.25, -0.2) is 0 Å². The first kappa shape index (κ1) is 30.3. The first-order chi connectivity index (χ1) is 5.81. The number of nitrogens with one attached hydrogen (secondary N) is 1. The van der Waals surface area contributed by atoms with Crippen molar-refractivity contribution in [2.24, 2.45) is 5.92 Å². The fourth-order valence-corrected chi connectivity index (χ4v) is 0.966. The summed E-state index contributed by atoms with van der Waals surface area (Å²) < 4.78 is 0. The van der Waals surface area contributed by atoms with Crippen LogP contribution in [0.1, 0.15) is 55.9 Å². The van der Waals surface area contributed by atoms with Gasteiger partial charge in [0.2, 0.25) is 0 Å². The van der Waals surface area contributed by atoms with E-state index in [1.54, 1.807) is 0 Å². The average molecular weight is 558 g/mol. The third-order valence-corrected chi connectivity index (χ3v) is 1.63. The summed E-state index contributed by atoms with van der Waals surface area (Å²) >= 11 is 5.30. The van der Waals surface area contributed by atoms with Crippen LogP contribution in [0.4, 0.5) is 0 Å². The van der Waals surface area contributed by atoms with Gasteiger partial charge < -0.3 is 5.32 Å². The molecule has 0 saturated carbocycles. The predicted molar refractivity (Wildman–Crippen MR) is 90.8 cm³/mol. The van der Waals surface area contributed by atoms with E-state index in [2.05, 4.69) is 49.5 Å². The van der Waals surface area contributed by atoms with E-state index in [0.29, 0.717) is 13.3 Å². The summed E-state index contributed by atoms with van der Waals surface area (Å²) in [5, 5.41) is 3.32. The third kappa shape index (κ3) is 31.4. The van der Waals surface area contributed by atoms with Crippen molar-refractivity contribution in [1.29, 1.82) is 0 Å². The van der Waals surface area contributed by atoms with E-state index in [-0.39, 0.29) is 22.3 Å². The summed E-state index contributed by atoms with van der Waals surface area (Å²) in [5.74, 6) is 0.973. The van der Waals surface area contributed by atoms with Crippen molar-refractivity contribution in [1.82, 2.24) is 5.32 Å². The van der Waals surface area contributed by atoms with E-state index in [1.807, 2.05) is 13.8 Å². The Hall–Kier alpha value is 2.15. The molecule has 1 saturated heterocycles. The number of piperidine rings is 1. The van der Waals surface area contributed by atoms with Crippen molar-refractivity contribution in [2.75, 3.05) is 13.1 Å². The van der Waals surface area contributed by atoms with Crippen LogP contribution in [0.3, 0.4) is 0 Å². The van der Waals surface area contributed by atoms with Crippen LogP contribution in [0.5, 0.6) is 0 Å². The Morgan fingerprint density at radius 3 is 1.40 bits per heavy atom. The van der Waals surface area contributed by atoms with Gasteiger partial charge in [-0.1, -0.05) is 43.1 Å². The maximum atomic E-state index is 3.32. The fourth-order valence-electron chi connectivity index (χ4n) is 0.966. The van der Waals surface area contributed by atoms with E-state index >= 15 is 0 Å². The molecule has 15 heavy (non-hydrogen) atoms. The molecule has 1 N–H and O–H groups in total. The van der Waals surface area contributed by atoms with Gasteiger partial charge >= 0.3 is 50.5 Å². The molecular weight excluding hydrogens is 527 g/mol. The van der Waals surface area contributed by atoms with Crippen LogP contribution < -0.4 is 18.6 Å². The monoisotopic (exact) mass is 558 g/mol. The summed E-state index contributed by atoms with van der Waals surface area (Å²) in [4.78, 5) is 0. The predicted octanol–water partition coefficient (Wildman–Crippen LogP) is 2.72. The van der Waals surface area contributed by atoms with Gasteiger partial charge in [-0.2, -0.15) is 0 Å². The van der Waals surface area contributed by atoms with Gasteiger partial charge in [0.1, 0.15) is 0 Å². The quantitative estimate of drug-likeness (QED) is 0.452. The molecule has 1 rings (SSSR count). The van der Waals surface area contributed by atoms with Gasteiger partial charge in [-0.05, 0) is 31.8 Å². The summed E-state index contributed by atoms with van der Waals surface area (Å²) in [6, 6.07) is 0. The Balaban J connectivity index is -0.0000000373. The van der Waals surface area contributed by atoms with Crippen LogP contribution in [0.15, 0.2) is 0 Å². The first-order valence-corrected chi connectivity index (χ1v) is 17.0. The summed E-state index contributed by atoms with van der Waals surface area (Å²) in [6.45, 7) is 8.79. The van der Waals surface area contributed by atoms with Crippen LogP contribution in [-0.2, 0) is 0 Å². The molecule has 102 valence electrons. The zero-order valence-electron chi connectivity index (χ0n) is 8.04.